The molecule has 1 N–H and O–H groups in total. The second-order valence-electron chi connectivity index (χ2n) is 5.06. The number of aliphatic carboxylic acids is 1. The van der Waals surface area contributed by atoms with E-state index in [2.05, 4.69) is 0 Å². The van der Waals surface area contributed by atoms with Crippen molar-refractivity contribution in [1.29, 1.82) is 0 Å². The minimum Gasteiger partial charge on any atom is -0.497 e. The first-order valence-corrected chi connectivity index (χ1v) is 7.24. The minimum atomic E-state index is -0.931. The quantitative estimate of drug-likeness (QED) is 0.798. The van der Waals surface area contributed by atoms with Gasteiger partial charge in [0.15, 0.2) is 0 Å². The Bertz CT molecular complexity index is 527. The van der Waals surface area contributed by atoms with E-state index >= 15 is 0 Å². The lowest BCUT2D eigenvalue weighted by molar-refractivity contribution is -0.137. The number of methoxy groups -OCH3 is 1. The monoisotopic (exact) mass is 309 g/mol. The van der Waals surface area contributed by atoms with E-state index in [9.17, 15) is 9.59 Å². The zero-order chi connectivity index (χ0) is 16.7. The maximum Gasteiger partial charge on any atom is 0.305 e. The molecule has 1 aromatic rings. The SMILES string of the molecule is CCN(CCC(=O)O)C(=O)c1ccc(OC)cc1OC(C)C. The molecule has 1 amide bonds. The van der Waals surface area contributed by atoms with E-state index in [0.29, 0.717) is 23.6 Å². The van der Waals surface area contributed by atoms with Gasteiger partial charge in [0.05, 0.1) is 25.2 Å². The number of benzene rings is 1. The van der Waals surface area contributed by atoms with Gasteiger partial charge in [0, 0.05) is 19.2 Å². The lowest BCUT2D eigenvalue weighted by Crippen LogP contribution is -2.33. The molecule has 122 valence electrons. The van der Waals surface area contributed by atoms with Crippen molar-refractivity contribution in [3.63, 3.8) is 0 Å². The van der Waals surface area contributed by atoms with Gasteiger partial charge in [-0.25, -0.2) is 0 Å². The maximum atomic E-state index is 12.6. The van der Waals surface area contributed by atoms with E-state index in [1.165, 1.54) is 4.90 Å². The molecule has 0 saturated heterocycles. The Balaban J connectivity index is 3.05. The highest BCUT2D eigenvalue weighted by molar-refractivity contribution is 5.97. The molecule has 1 aromatic carbocycles. The summed E-state index contributed by atoms with van der Waals surface area (Å²) < 4.78 is 10.8. The summed E-state index contributed by atoms with van der Waals surface area (Å²) in [5.74, 6) is -0.143. The van der Waals surface area contributed by atoms with Gasteiger partial charge in [-0.3, -0.25) is 9.59 Å². The van der Waals surface area contributed by atoms with Crippen molar-refractivity contribution >= 4 is 11.9 Å². The second-order valence-corrected chi connectivity index (χ2v) is 5.06. The fraction of sp³-hybridized carbons (Fsp3) is 0.500. The van der Waals surface area contributed by atoms with Gasteiger partial charge in [-0.1, -0.05) is 0 Å². The van der Waals surface area contributed by atoms with E-state index in [1.807, 2.05) is 20.8 Å². The lowest BCUT2D eigenvalue weighted by Gasteiger charge is -2.22. The molecule has 0 atom stereocenters. The van der Waals surface area contributed by atoms with Crippen LogP contribution in [0.3, 0.4) is 0 Å². The third-order valence-electron chi connectivity index (χ3n) is 3.05. The maximum absolute atomic E-state index is 12.6. The van der Waals surface area contributed by atoms with Crippen LogP contribution in [0.25, 0.3) is 0 Å². The molecule has 0 radical (unpaired) electrons. The van der Waals surface area contributed by atoms with Crippen LogP contribution in [-0.2, 0) is 4.79 Å². The molecule has 0 fully saturated rings. The summed E-state index contributed by atoms with van der Waals surface area (Å²) in [5.41, 5.74) is 0.404. The Morgan fingerprint density at radius 3 is 2.50 bits per heavy atom. The fourth-order valence-corrected chi connectivity index (χ4v) is 1.96. The number of nitrogens with zero attached hydrogens (tertiary/aromatic N) is 1. The molecule has 6 heteroatoms. The number of carboxylic acid groups (broad SMARTS) is 1. The van der Waals surface area contributed by atoms with Crippen LogP contribution in [0.2, 0.25) is 0 Å². The molecule has 0 aliphatic carbocycles. The Kier molecular flexibility index (Phi) is 6.69. The van der Waals surface area contributed by atoms with Crippen LogP contribution in [0.5, 0.6) is 11.5 Å². The van der Waals surface area contributed by atoms with Crippen molar-refractivity contribution in [2.45, 2.75) is 33.3 Å². The average molecular weight is 309 g/mol. The number of ether oxygens (including phenoxy) is 2. The molecular weight excluding hydrogens is 286 g/mol. The number of amides is 1. The predicted octanol–water partition coefficient (Wildman–Crippen LogP) is 2.42. The Morgan fingerprint density at radius 2 is 2.00 bits per heavy atom. The van der Waals surface area contributed by atoms with Gasteiger partial charge >= 0.3 is 5.97 Å². The van der Waals surface area contributed by atoms with Crippen LogP contribution in [0.15, 0.2) is 18.2 Å². The van der Waals surface area contributed by atoms with E-state index in [4.69, 9.17) is 14.6 Å². The number of carboxylic acids is 1. The number of carbonyl (C=O) groups excluding carboxylic acids is 1. The van der Waals surface area contributed by atoms with E-state index in [1.54, 1.807) is 25.3 Å². The number of carbonyl (C=O) groups is 2. The summed E-state index contributed by atoms with van der Waals surface area (Å²) in [6.07, 6.45) is -0.177. The van der Waals surface area contributed by atoms with Gasteiger partial charge in [-0.15, -0.1) is 0 Å². The molecule has 0 aliphatic heterocycles. The summed E-state index contributed by atoms with van der Waals surface area (Å²) in [6, 6.07) is 4.99. The highest BCUT2D eigenvalue weighted by Crippen LogP contribution is 2.27. The van der Waals surface area contributed by atoms with Crippen LogP contribution in [-0.4, -0.2) is 48.2 Å². The van der Waals surface area contributed by atoms with E-state index in [-0.39, 0.29) is 25.0 Å². The molecular formula is C16H23NO5. The van der Waals surface area contributed by atoms with Crippen LogP contribution in [0, 0.1) is 0 Å². The molecule has 22 heavy (non-hydrogen) atoms. The van der Waals surface area contributed by atoms with Crippen molar-refractivity contribution in [2.24, 2.45) is 0 Å². The normalized spacial score (nSPS) is 10.4. The molecule has 0 saturated carbocycles. The first kappa shape index (κ1) is 17.8. The van der Waals surface area contributed by atoms with Crippen LogP contribution >= 0.6 is 0 Å². The molecule has 0 bridgehead atoms. The Hall–Kier alpha value is -2.24. The largest absolute Gasteiger partial charge is 0.497 e. The van der Waals surface area contributed by atoms with E-state index in [0.717, 1.165) is 0 Å². The number of hydrogen-bond acceptors (Lipinski definition) is 4. The predicted molar refractivity (Wildman–Crippen MR) is 82.6 cm³/mol. The molecule has 0 unspecified atom stereocenters. The molecule has 6 nitrogen and oxygen atoms in total. The van der Waals surface area contributed by atoms with Gasteiger partial charge < -0.3 is 19.5 Å². The van der Waals surface area contributed by atoms with Gasteiger partial charge in [0.2, 0.25) is 0 Å². The summed E-state index contributed by atoms with van der Waals surface area (Å²) in [4.78, 5) is 24.8. The molecule has 0 spiro atoms. The molecule has 0 aliphatic rings. The number of rotatable bonds is 8. The van der Waals surface area contributed by atoms with Gasteiger partial charge in [0.1, 0.15) is 11.5 Å². The van der Waals surface area contributed by atoms with Crippen molar-refractivity contribution in [2.75, 3.05) is 20.2 Å². The third-order valence-corrected chi connectivity index (χ3v) is 3.05. The summed E-state index contributed by atoms with van der Waals surface area (Å²) >= 11 is 0. The highest BCUT2D eigenvalue weighted by Gasteiger charge is 2.20. The van der Waals surface area contributed by atoms with Gasteiger partial charge in [-0.05, 0) is 32.9 Å². The first-order chi connectivity index (χ1) is 10.4. The molecule has 0 heterocycles. The second kappa shape index (κ2) is 8.26. The molecule has 0 aromatic heterocycles. The highest BCUT2D eigenvalue weighted by atomic mass is 16.5. The number of hydrogen-bond donors (Lipinski definition) is 1. The molecule has 1 rings (SSSR count). The van der Waals surface area contributed by atoms with Crippen molar-refractivity contribution in [3.8, 4) is 11.5 Å². The van der Waals surface area contributed by atoms with Crippen molar-refractivity contribution in [3.05, 3.63) is 23.8 Å². The van der Waals surface area contributed by atoms with Crippen molar-refractivity contribution < 1.29 is 24.2 Å². The van der Waals surface area contributed by atoms with Gasteiger partial charge in [-0.2, -0.15) is 0 Å². The van der Waals surface area contributed by atoms with Gasteiger partial charge in [0.25, 0.3) is 5.91 Å². The van der Waals surface area contributed by atoms with Crippen LogP contribution in [0.1, 0.15) is 37.6 Å². The first-order valence-electron chi connectivity index (χ1n) is 7.24. The summed E-state index contributed by atoms with van der Waals surface area (Å²) in [5, 5.41) is 8.77. The minimum absolute atomic E-state index is 0.0872. The Morgan fingerprint density at radius 1 is 1.32 bits per heavy atom. The topological polar surface area (TPSA) is 76.1 Å². The van der Waals surface area contributed by atoms with E-state index < -0.39 is 5.97 Å². The smallest absolute Gasteiger partial charge is 0.305 e. The third kappa shape index (κ3) is 4.95. The Labute approximate surface area is 130 Å². The van der Waals surface area contributed by atoms with Crippen LogP contribution < -0.4 is 9.47 Å². The zero-order valence-corrected chi connectivity index (χ0v) is 13.5. The lowest BCUT2D eigenvalue weighted by atomic mass is 10.1. The summed E-state index contributed by atoms with van der Waals surface area (Å²) in [7, 11) is 1.54. The van der Waals surface area contributed by atoms with Crippen molar-refractivity contribution in [1.82, 2.24) is 4.90 Å². The zero-order valence-electron chi connectivity index (χ0n) is 13.5. The fourth-order valence-electron chi connectivity index (χ4n) is 1.96. The standard InChI is InChI=1S/C16H23NO5/c1-5-17(9-8-15(18)19)16(20)13-7-6-12(21-4)10-14(13)22-11(2)3/h6-7,10-11H,5,8-9H2,1-4H3,(H,18,19). The summed E-state index contributed by atoms with van der Waals surface area (Å²) in [6.45, 7) is 6.15. The van der Waals surface area contributed by atoms with Crippen LogP contribution in [0.4, 0.5) is 0 Å². The average Bonchev–Trinajstić information content (AvgIpc) is 2.46.